The van der Waals surface area contributed by atoms with Crippen LogP contribution in [0.4, 0.5) is 0 Å². The Hall–Kier alpha value is -0.120. The highest BCUT2D eigenvalue weighted by molar-refractivity contribution is 4.83. The van der Waals surface area contributed by atoms with Crippen LogP contribution in [0.5, 0.6) is 0 Å². The molecule has 1 fully saturated rings. The molecule has 0 spiro atoms. The molecule has 2 unspecified atom stereocenters. The van der Waals surface area contributed by atoms with Gasteiger partial charge in [0.05, 0.1) is 12.7 Å². The Balaban J connectivity index is 2.44. The van der Waals surface area contributed by atoms with Crippen molar-refractivity contribution in [1.82, 2.24) is 10.2 Å². The van der Waals surface area contributed by atoms with Gasteiger partial charge in [-0.25, -0.2) is 0 Å². The Bertz CT molecular complexity index is 207. The maximum Gasteiger partial charge on any atom is 0.0855 e. The number of morpholine rings is 1. The van der Waals surface area contributed by atoms with Crippen LogP contribution in [0.2, 0.25) is 0 Å². The SMILES string of the molecule is CCCN1CCOC(C(CCC(C)C)NCC)C1. The van der Waals surface area contributed by atoms with Gasteiger partial charge in [-0.15, -0.1) is 0 Å². The number of nitrogens with one attached hydrogen (secondary N) is 1. The molecule has 0 radical (unpaired) electrons. The molecule has 1 heterocycles. The third-order valence-corrected chi connectivity index (χ3v) is 3.69. The van der Waals surface area contributed by atoms with Crippen LogP contribution >= 0.6 is 0 Å². The number of hydrogen-bond donors (Lipinski definition) is 1. The Morgan fingerprint density at radius 3 is 2.67 bits per heavy atom. The molecule has 0 bridgehead atoms. The van der Waals surface area contributed by atoms with E-state index in [2.05, 4.69) is 37.9 Å². The maximum atomic E-state index is 6.00. The topological polar surface area (TPSA) is 24.5 Å². The van der Waals surface area contributed by atoms with Gasteiger partial charge in [-0.2, -0.15) is 0 Å². The molecule has 0 saturated carbocycles. The normalized spacial score (nSPS) is 23.5. The highest BCUT2D eigenvalue weighted by Crippen LogP contribution is 2.15. The van der Waals surface area contributed by atoms with Gasteiger partial charge in [0.25, 0.3) is 0 Å². The maximum absolute atomic E-state index is 6.00. The molecule has 1 aliphatic heterocycles. The number of likely N-dealkylation sites (N-methyl/N-ethyl adjacent to an activating group) is 1. The number of hydrogen-bond acceptors (Lipinski definition) is 3. The van der Waals surface area contributed by atoms with Gasteiger partial charge in [0.1, 0.15) is 0 Å². The van der Waals surface area contributed by atoms with Crippen LogP contribution in [0.1, 0.15) is 47.0 Å². The second-order valence-corrected chi connectivity index (χ2v) is 5.85. The first-order chi connectivity index (χ1) is 8.67. The quantitative estimate of drug-likeness (QED) is 0.722. The number of nitrogens with zero attached hydrogens (tertiary/aromatic N) is 1. The van der Waals surface area contributed by atoms with Crippen molar-refractivity contribution in [3.8, 4) is 0 Å². The molecule has 1 aliphatic rings. The van der Waals surface area contributed by atoms with Crippen LogP contribution in [0.25, 0.3) is 0 Å². The summed E-state index contributed by atoms with van der Waals surface area (Å²) in [6, 6.07) is 0.525. The molecule has 3 nitrogen and oxygen atoms in total. The smallest absolute Gasteiger partial charge is 0.0855 e. The molecule has 0 aromatic rings. The molecule has 2 atom stereocenters. The number of ether oxygens (including phenoxy) is 1. The van der Waals surface area contributed by atoms with Crippen LogP contribution in [0, 0.1) is 5.92 Å². The molecule has 0 amide bonds. The van der Waals surface area contributed by atoms with Crippen molar-refractivity contribution in [3.05, 3.63) is 0 Å². The number of rotatable bonds is 8. The summed E-state index contributed by atoms with van der Waals surface area (Å²) in [7, 11) is 0. The van der Waals surface area contributed by atoms with Crippen molar-refractivity contribution in [2.24, 2.45) is 5.92 Å². The zero-order valence-electron chi connectivity index (χ0n) is 12.7. The predicted molar refractivity (Wildman–Crippen MR) is 78.0 cm³/mol. The second kappa shape index (κ2) is 8.89. The molecule has 108 valence electrons. The summed E-state index contributed by atoms with van der Waals surface area (Å²) in [5.74, 6) is 0.779. The van der Waals surface area contributed by atoms with Crippen molar-refractivity contribution < 1.29 is 4.74 Å². The fourth-order valence-electron chi connectivity index (χ4n) is 2.69. The van der Waals surface area contributed by atoms with Crippen LogP contribution in [0.3, 0.4) is 0 Å². The Labute approximate surface area is 113 Å². The summed E-state index contributed by atoms with van der Waals surface area (Å²) in [5, 5.41) is 3.62. The zero-order valence-corrected chi connectivity index (χ0v) is 12.7. The molecule has 1 saturated heterocycles. The van der Waals surface area contributed by atoms with Crippen LogP contribution in [0.15, 0.2) is 0 Å². The van der Waals surface area contributed by atoms with Crippen molar-refractivity contribution in [3.63, 3.8) is 0 Å². The summed E-state index contributed by atoms with van der Waals surface area (Å²) in [6.45, 7) is 14.4. The molecule has 0 aromatic carbocycles. The minimum absolute atomic E-state index is 0.379. The fraction of sp³-hybridized carbons (Fsp3) is 1.00. The van der Waals surface area contributed by atoms with E-state index in [1.807, 2.05) is 0 Å². The van der Waals surface area contributed by atoms with Gasteiger partial charge >= 0.3 is 0 Å². The lowest BCUT2D eigenvalue weighted by Gasteiger charge is -2.37. The van der Waals surface area contributed by atoms with Gasteiger partial charge in [-0.1, -0.05) is 27.7 Å². The van der Waals surface area contributed by atoms with Crippen molar-refractivity contribution in [2.45, 2.75) is 59.1 Å². The molecule has 1 N–H and O–H groups in total. The standard InChI is InChI=1S/C15H32N2O/c1-5-9-17-10-11-18-15(12-17)14(16-6-2)8-7-13(3)4/h13-16H,5-12H2,1-4H3. The first kappa shape index (κ1) is 15.9. The van der Waals surface area contributed by atoms with Gasteiger partial charge in [-0.3, -0.25) is 4.90 Å². The Morgan fingerprint density at radius 2 is 2.06 bits per heavy atom. The van der Waals surface area contributed by atoms with Crippen molar-refractivity contribution in [1.29, 1.82) is 0 Å². The van der Waals surface area contributed by atoms with E-state index in [1.165, 1.54) is 25.8 Å². The lowest BCUT2D eigenvalue weighted by molar-refractivity contribution is -0.0480. The minimum Gasteiger partial charge on any atom is -0.374 e. The second-order valence-electron chi connectivity index (χ2n) is 5.85. The molecular weight excluding hydrogens is 224 g/mol. The Morgan fingerprint density at radius 1 is 1.28 bits per heavy atom. The first-order valence-electron chi connectivity index (χ1n) is 7.74. The lowest BCUT2D eigenvalue weighted by Crippen LogP contribution is -2.52. The third-order valence-electron chi connectivity index (χ3n) is 3.69. The highest BCUT2D eigenvalue weighted by Gasteiger charge is 2.27. The zero-order chi connectivity index (χ0) is 13.4. The summed E-state index contributed by atoms with van der Waals surface area (Å²) < 4.78 is 6.00. The lowest BCUT2D eigenvalue weighted by atomic mass is 9.98. The minimum atomic E-state index is 0.379. The van der Waals surface area contributed by atoms with Gasteiger partial charge in [-0.05, 0) is 38.3 Å². The van der Waals surface area contributed by atoms with Crippen LogP contribution in [-0.4, -0.2) is 49.8 Å². The molecule has 0 aromatic heterocycles. The Kier molecular flexibility index (Phi) is 7.87. The van der Waals surface area contributed by atoms with Gasteiger partial charge < -0.3 is 10.1 Å². The molecule has 18 heavy (non-hydrogen) atoms. The van der Waals surface area contributed by atoms with Crippen LogP contribution < -0.4 is 5.32 Å². The average Bonchev–Trinajstić information content (AvgIpc) is 2.35. The van der Waals surface area contributed by atoms with E-state index in [9.17, 15) is 0 Å². The molecule has 3 heteroatoms. The van der Waals surface area contributed by atoms with Crippen molar-refractivity contribution in [2.75, 3.05) is 32.8 Å². The summed E-state index contributed by atoms with van der Waals surface area (Å²) in [6.07, 6.45) is 4.13. The largest absolute Gasteiger partial charge is 0.374 e. The predicted octanol–water partition coefficient (Wildman–Crippen LogP) is 2.51. The summed E-state index contributed by atoms with van der Waals surface area (Å²) in [5.41, 5.74) is 0. The first-order valence-corrected chi connectivity index (χ1v) is 7.74. The van der Waals surface area contributed by atoms with E-state index < -0.39 is 0 Å². The van der Waals surface area contributed by atoms with Gasteiger partial charge in [0, 0.05) is 19.1 Å². The van der Waals surface area contributed by atoms with E-state index in [4.69, 9.17) is 4.74 Å². The molecule has 1 rings (SSSR count). The summed E-state index contributed by atoms with van der Waals surface area (Å²) >= 11 is 0. The molecular formula is C15H32N2O. The summed E-state index contributed by atoms with van der Waals surface area (Å²) in [4.78, 5) is 2.55. The van der Waals surface area contributed by atoms with Crippen molar-refractivity contribution >= 4 is 0 Å². The van der Waals surface area contributed by atoms with Gasteiger partial charge in [0.2, 0.25) is 0 Å². The highest BCUT2D eigenvalue weighted by atomic mass is 16.5. The van der Waals surface area contributed by atoms with E-state index in [0.717, 1.165) is 32.2 Å². The fourth-order valence-corrected chi connectivity index (χ4v) is 2.69. The van der Waals surface area contributed by atoms with E-state index >= 15 is 0 Å². The van der Waals surface area contributed by atoms with E-state index in [0.29, 0.717) is 12.1 Å². The third kappa shape index (κ3) is 5.68. The van der Waals surface area contributed by atoms with E-state index in [-0.39, 0.29) is 0 Å². The van der Waals surface area contributed by atoms with Gasteiger partial charge in [0.15, 0.2) is 0 Å². The monoisotopic (exact) mass is 256 g/mol. The molecule has 0 aliphatic carbocycles. The van der Waals surface area contributed by atoms with E-state index in [1.54, 1.807) is 0 Å². The van der Waals surface area contributed by atoms with Crippen LogP contribution in [-0.2, 0) is 4.74 Å². The average molecular weight is 256 g/mol.